The SMILES string of the molecule is CCN(CC)c1ccc(C(F)(F)F)c(-c2ccccc2)c1[N+](=O)[O-]. The molecule has 7 heteroatoms. The first-order valence-corrected chi connectivity index (χ1v) is 7.50. The summed E-state index contributed by atoms with van der Waals surface area (Å²) in [6.07, 6.45) is -4.68. The third-order valence-electron chi connectivity index (χ3n) is 3.81. The molecule has 0 aliphatic carbocycles. The maximum atomic E-state index is 13.4. The van der Waals surface area contributed by atoms with E-state index in [9.17, 15) is 23.3 Å². The molecule has 0 atom stereocenters. The molecule has 2 aromatic rings. The Labute approximate surface area is 137 Å². The van der Waals surface area contributed by atoms with E-state index in [1.807, 2.05) is 0 Å². The van der Waals surface area contributed by atoms with Crippen LogP contribution in [0.4, 0.5) is 24.5 Å². The monoisotopic (exact) mass is 338 g/mol. The molecule has 0 radical (unpaired) electrons. The summed E-state index contributed by atoms with van der Waals surface area (Å²) in [5.74, 6) is 0. The van der Waals surface area contributed by atoms with Gasteiger partial charge in [-0.15, -0.1) is 0 Å². The molecular weight excluding hydrogens is 321 g/mol. The molecule has 24 heavy (non-hydrogen) atoms. The van der Waals surface area contributed by atoms with Gasteiger partial charge in [-0.3, -0.25) is 10.1 Å². The Morgan fingerprint density at radius 1 is 1.04 bits per heavy atom. The summed E-state index contributed by atoms with van der Waals surface area (Å²) in [5, 5.41) is 11.6. The van der Waals surface area contributed by atoms with E-state index in [1.54, 1.807) is 36.9 Å². The predicted octanol–water partition coefficient (Wildman–Crippen LogP) is 5.13. The molecule has 0 fully saturated rings. The normalized spacial score (nSPS) is 11.4. The number of nitro groups is 1. The fraction of sp³-hybridized carbons (Fsp3) is 0.294. The van der Waals surface area contributed by atoms with Gasteiger partial charge in [-0.25, -0.2) is 0 Å². The highest BCUT2D eigenvalue weighted by atomic mass is 19.4. The molecule has 0 heterocycles. The molecule has 0 N–H and O–H groups in total. The van der Waals surface area contributed by atoms with Gasteiger partial charge in [0.25, 0.3) is 0 Å². The minimum Gasteiger partial charge on any atom is -0.367 e. The number of halogens is 3. The summed E-state index contributed by atoms with van der Waals surface area (Å²) in [7, 11) is 0. The van der Waals surface area contributed by atoms with Crippen LogP contribution in [0, 0.1) is 10.1 Å². The lowest BCUT2D eigenvalue weighted by Gasteiger charge is -2.23. The zero-order chi connectivity index (χ0) is 17.9. The summed E-state index contributed by atoms with van der Waals surface area (Å²) in [6, 6.07) is 9.76. The average molecular weight is 338 g/mol. The van der Waals surface area contributed by atoms with Crippen LogP contribution in [0.5, 0.6) is 0 Å². The number of hydrogen-bond donors (Lipinski definition) is 0. The summed E-state index contributed by atoms with van der Waals surface area (Å²) < 4.78 is 40.3. The third-order valence-corrected chi connectivity index (χ3v) is 3.81. The van der Waals surface area contributed by atoms with Crippen LogP contribution in [0.2, 0.25) is 0 Å². The molecule has 0 saturated carbocycles. The van der Waals surface area contributed by atoms with E-state index < -0.39 is 27.9 Å². The van der Waals surface area contributed by atoms with Gasteiger partial charge in [0.05, 0.1) is 16.1 Å². The Hall–Kier alpha value is -2.57. The molecule has 0 spiro atoms. The second-order valence-electron chi connectivity index (χ2n) is 5.15. The van der Waals surface area contributed by atoms with E-state index in [0.29, 0.717) is 13.1 Å². The van der Waals surface area contributed by atoms with E-state index >= 15 is 0 Å². The van der Waals surface area contributed by atoms with Crippen molar-refractivity contribution in [3.05, 3.63) is 58.1 Å². The van der Waals surface area contributed by atoms with Crippen molar-refractivity contribution in [3.63, 3.8) is 0 Å². The quantitative estimate of drug-likeness (QED) is 0.561. The summed E-state index contributed by atoms with van der Waals surface area (Å²) in [5.41, 5.74) is -1.55. The second-order valence-corrected chi connectivity index (χ2v) is 5.15. The number of rotatable bonds is 5. The van der Waals surface area contributed by atoms with Gasteiger partial charge in [0.15, 0.2) is 0 Å². The van der Waals surface area contributed by atoms with Gasteiger partial charge in [-0.2, -0.15) is 13.2 Å². The second kappa shape index (κ2) is 6.90. The molecular formula is C17H17F3N2O2. The van der Waals surface area contributed by atoms with Crippen LogP contribution < -0.4 is 4.90 Å². The van der Waals surface area contributed by atoms with Crippen LogP contribution in [0.3, 0.4) is 0 Å². The van der Waals surface area contributed by atoms with Crippen molar-refractivity contribution in [2.24, 2.45) is 0 Å². The van der Waals surface area contributed by atoms with Crippen molar-refractivity contribution in [3.8, 4) is 11.1 Å². The first kappa shape index (κ1) is 17.8. The number of nitro benzene ring substituents is 1. The molecule has 128 valence electrons. The van der Waals surface area contributed by atoms with Crippen molar-refractivity contribution in [1.29, 1.82) is 0 Å². The Bertz CT molecular complexity index is 727. The van der Waals surface area contributed by atoms with E-state index in [-0.39, 0.29) is 11.3 Å². The van der Waals surface area contributed by atoms with Gasteiger partial charge in [0, 0.05) is 13.1 Å². The lowest BCUT2D eigenvalue weighted by molar-refractivity contribution is -0.383. The van der Waals surface area contributed by atoms with Crippen LogP contribution in [0.25, 0.3) is 11.1 Å². The van der Waals surface area contributed by atoms with Crippen molar-refractivity contribution in [1.82, 2.24) is 0 Å². The fourth-order valence-electron chi connectivity index (χ4n) is 2.72. The number of nitrogens with zero attached hydrogens (tertiary/aromatic N) is 2. The van der Waals surface area contributed by atoms with Crippen molar-refractivity contribution < 1.29 is 18.1 Å². The first-order valence-electron chi connectivity index (χ1n) is 7.50. The first-order chi connectivity index (χ1) is 11.3. The van der Waals surface area contributed by atoms with Gasteiger partial charge >= 0.3 is 11.9 Å². The summed E-state index contributed by atoms with van der Waals surface area (Å²) in [4.78, 5) is 12.6. The molecule has 0 aliphatic rings. The van der Waals surface area contributed by atoms with Crippen LogP contribution in [0.15, 0.2) is 42.5 Å². The Balaban J connectivity index is 2.89. The highest BCUT2D eigenvalue weighted by molar-refractivity contribution is 5.85. The zero-order valence-electron chi connectivity index (χ0n) is 13.3. The number of benzene rings is 2. The number of alkyl halides is 3. The lowest BCUT2D eigenvalue weighted by Crippen LogP contribution is -2.23. The molecule has 0 aromatic heterocycles. The maximum Gasteiger partial charge on any atom is 0.417 e. The number of anilines is 1. The van der Waals surface area contributed by atoms with Gasteiger partial charge in [-0.1, -0.05) is 30.3 Å². The van der Waals surface area contributed by atoms with Crippen LogP contribution in [-0.2, 0) is 6.18 Å². The maximum absolute atomic E-state index is 13.4. The minimum absolute atomic E-state index is 0.172. The molecule has 2 rings (SSSR count). The fourth-order valence-corrected chi connectivity index (χ4v) is 2.72. The molecule has 0 amide bonds. The summed E-state index contributed by atoms with van der Waals surface area (Å²) in [6.45, 7) is 4.51. The van der Waals surface area contributed by atoms with Crippen LogP contribution >= 0.6 is 0 Å². The van der Waals surface area contributed by atoms with E-state index in [4.69, 9.17) is 0 Å². The van der Waals surface area contributed by atoms with Crippen molar-refractivity contribution >= 4 is 11.4 Å². The average Bonchev–Trinajstić information content (AvgIpc) is 2.55. The van der Waals surface area contributed by atoms with Crippen molar-refractivity contribution in [2.45, 2.75) is 20.0 Å². The molecule has 0 bridgehead atoms. The van der Waals surface area contributed by atoms with E-state index in [2.05, 4.69) is 0 Å². The van der Waals surface area contributed by atoms with Gasteiger partial charge in [-0.05, 0) is 31.5 Å². The van der Waals surface area contributed by atoms with Crippen LogP contribution in [-0.4, -0.2) is 18.0 Å². The third kappa shape index (κ3) is 3.34. The van der Waals surface area contributed by atoms with Crippen LogP contribution in [0.1, 0.15) is 19.4 Å². The Kier molecular flexibility index (Phi) is 5.11. The largest absolute Gasteiger partial charge is 0.417 e. The van der Waals surface area contributed by atoms with Crippen molar-refractivity contribution in [2.75, 3.05) is 18.0 Å². The molecule has 2 aromatic carbocycles. The van der Waals surface area contributed by atoms with Gasteiger partial charge in [0.1, 0.15) is 5.69 Å². The zero-order valence-corrected chi connectivity index (χ0v) is 13.3. The Morgan fingerprint density at radius 3 is 2.08 bits per heavy atom. The lowest BCUT2D eigenvalue weighted by atomic mass is 9.95. The molecule has 0 unspecified atom stereocenters. The highest BCUT2D eigenvalue weighted by Crippen LogP contribution is 2.46. The van der Waals surface area contributed by atoms with Gasteiger partial charge in [0.2, 0.25) is 0 Å². The minimum atomic E-state index is -4.68. The molecule has 0 saturated heterocycles. The topological polar surface area (TPSA) is 46.4 Å². The summed E-state index contributed by atoms with van der Waals surface area (Å²) >= 11 is 0. The molecule has 0 aliphatic heterocycles. The van der Waals surface area contributed by atoms with E-state index in [1.165, 1.54) is 18.2 Å². The highest BCUT2D eigenvalue weighted by Gasteiger charge is 2.39. The standard InChI is InChI=1S/C17H17F3N2O2/c1-3-21(4-2)14-11-10-13(17(18,19)20)15(16(14)22(23)24)12-8-6-5-7-9-12/h5-11H,3-4H2,1-2H3. The number of hydrogen-bond acceptors (Lipinski definition) is 3. The molecule has 4 nitrogen and oxygen atoms in total. The Morgan fingerprint density at radius 2 is 1.62 bits per heavy atom. The predicted molar refractivity (Wildman–Crippen MR) is 87.1 cm³/mol. The smallest absolute Gasteiger partial charge is 0.367 e. The van der Waals surface area contributed by atoms with Gasteiger partial charge < -0.3 is 4.90 Å². The van der Waals surface area contributed by atoms with E-state index in [0.717, 1.165) is 6.07 Å².